The minimum atomic E-state index is -0.199. The Labute approximate surface area is 198 Å². The molecule has 0 spiro atoms. The molecule has 1 aromatic heterocycles. The fourth-order valence-corrected chi connectivity index (χ4v) is 3.77. The summed E-state index contributed by atoms with van der Waals surface area (Å²) < 4.78 is 21.4. The highest BCUT2D eigenvalue weighted by molar-refractivity contribution is 6.07. The number of aromatic nitrogens is 1. The second kappa shape index (κ2) is 10.1. The van der Waals surface area contributed by atoms with Crippen LogP contribution < -0.4 is 24.3 Å². The van der Waals surface area contributed by atoms with E-state index in [0.717, 1.165) is 22.0 Å². The molecule has 0 aliphatic rings. The topological polar surface area (TPSA) is 78.9 Å². The highest BCUT2D eigenvalue weighted by Crippen LogP contribution is 2.33. The molecule has 1 N–H and O–H groups in total. The first kappa shape index (κ1) is 22.9. The lowest BCUT2D eigenvalue weighted by Crippen LogP contribution is -2.23. The lowest BCUT2D eigenvalue weighted by Gasteiger charge is -2.13. The number of carbonyl (C=O) groups is 1. The normalized spacial score (nSPS) is 10.6. The van der Waals surface area contributed by atoms with Crippen molar-refractivity contribution in [1.29, 1.82) is 0 Å². The van der Waals surface area contributed by atoms with Gasteiger partial charge in [-0.25, -0.2) is 4.98 Å². The number of amides is 1. The summed E-state index contributed by atoms with van der Waals surface area (Å²) in [6, 6.07) is 20.5. The highest BCUT2D eigenvalue weighted by Gasteiger charge is 2.15. The van der Waals surface area contributed by atoms with Crippen molar-refractivity contribution in [2.45, 2.75) is 6.54 Å². The number of fused-ring (bicyclic) bond motifs is 1. The Kier molecular flexibility index (Phi) is 6.82. The van der Waals surface area contributed by atoms with Crippen LogP contribution in [0.3, 0.4) is 0 Å². The number of pyridine rings is 1. The molecular formula is C27H26N2O5. The van der Waals surface area contributed by atoms with E-state index in [0.29, 0.717) is 40.8 Å². The molecule has 174 valence electrons. The lowest BCUT2D eigenvalue weighted by atomic mass is 10.0. The Hall–Kier alpha value is -4.26. The molecule has 3 aromatic carbocycles. The van der Waals surface area contributed by atoms with Crippen LogP contribution in [0.25, 0.3) is 22.2 Å². The maximum Gasteiger partial charge on any atom is 0.252 e. The first-order chi connectivity index (χ1) is 16.6. The molecule has 0 bridgehead atoms. The summed E-state index contributed by atoms with van der Waals surface area (Å²) in [5.74, 6) is 2.26. The summed E-state index contributed by atoms with van der Waals surface area (Å²) in [5.41, 5.74) is 3.64. The van der Waals surface area contributed by atoms with Crippen LogP contribution in [-0.2, 0) is 6.54 Å². The summed E-state index contributed by atoms with van der Waals surface area (Å²) in [6.45, 7) is 0.335. The van der Waals surface area contributed by atoms with Gasteiger partial charge in [-0.05, 0) is 48.0 Å². The second-order valence-electron chi connectivity index (χ2n) is 7.51. The van der Waals surface area contributed by atoms with Gasteiger partial charge in [0.15, 0.2) is 23.0 Å². The van der Waals surface area contributed by atoms with Gasteiger partial charge >= 0.3 is 0 Å². The van der Waals surface area contributed by atoms with Crippen molar-refractivity contribution in [2.24, 2.45) is 0 Å². The smallest absolute Gasteiger partial charge is 0.252 e. The third-order valence-electron chi connectivity index (χ3n) is 5.54. The van der Waals surface area contributed by atoms with Gasteiger partial charge in [-0.3, -0.25) is 4.79 Å². The van der Waals surface area contributed by atoms with Gasteiger partial charge in [-0.1, -0.05) is 24.3 Å². The van der Waals surface area contributed by atoms with Crippen LogP contribution in [0.1, 0.15) is 15.9 Å². The SMILES string of the molecule is COc1ccc(CNC(=O)c2cc(-c3ccc(OC)c(OC)c3)nc3ccccc23)cc1OC. The number of ether oxygens (including phenoxy) is 4. The Bertz CT molecular complexity index is 1340. The number of nitrogens with zero attached hydrogens (tertiary/aromatic N) is 1. The van der Waals surface area contributed by atoms with Crippen LogP contribution in [0.4, 0.5) is 0 Å². The van der Waals surface area contributed by atoms with E-state index in [1.165, 1.54) is 0 Å². The number of hydrogen-bond donors (Lipinski definition) is 1. The van der Waals surface area contributed by atoms with Crippen molar-refractivity contribution < 1.29 is 23.7 Å². The predicted molar refractivity (Wildman–Crippen MR) is 131 cm³/mol. The van der Waals surface area contributed by atoms with E-state index in [9.17, 15) is 4.79 Å². The Morgan fingerprint density at radius 2 is 1.41 bits per heavy atom. The van der Waals surface area contributed by atoms with Crippen molar-refractivity contribution >= 4 is 16.8 Å². The number of hydrogen-bond acceptors (Lipinski definition) is 6. The molecule has 0 unspecified atom stereocenters. The molecule has 4 rings (SSSR count). The largest absolute Gasteiger partial charge is 0.493 e. The number of methoxy groups -OCH3 is 4. The molecule has 1 heterocycles. The molecular weight excluding hydrogens is 432 g/mol. The van der Waals surface area contributed by atoms with Crippen molar-refractivity contribution in [3.05, 3.63) is 77.9 Å². The van der Waals surface area contributed by atoms with Gasteiger partial charge in [-0.2, -0.15) is 0 Å². The summed E-state index contributed by atoms with van der Waals surface area (Å²) in [5, 5.41) is 3.78. The zero-order valence-corrected chi connectivity index (χ0v) is 19.5. The van der Waals surface area contributed by atoms with Crippen LogP contribution in [0.2, 0.25) is 0 Å². The molecule has 7 nitrogen and oxygen atoms in total. The number of nitrogens with one attached hydrogen (secondary N) is 1. The van der Waals surface area contributed by atoms with Crippen molar-refractivity contribution in [2.75, 3.05) is 28.4 Å². The van der Waals surface area contributed by atoms with Gasteiger partial charge in [0.25, 0.3) is 5.91 Å². The van der Waals surface area contributed by atoms with E-state index in [1.807, 2.05) is 60.7 Å². The highest BCUT2D eigenvalue weighted by atomic mass is 16.5. The molecule has 0 fully saturated rings. The summed E-state index contributed by atoms with van der Waals surface area (Å²) in [6.07, 6.45) is 0. The second-order valence-corrected chi connectivity index (χ2v) is 7.51. The first-order valence-corrected chi connectivity index (χ1v) is 10.7. The molecule has 0 aliphatic carbocycles. The van der Waals surface area contributed by atoms with Crippen LogP contribution >= 0.6 is 0 Å². The van der Waals surface area contributed by atoms with Crippen molar-refractivity contribution in [1.82, 2.24) is 10.3 Å². The van der Waals surface area contributed by atoms with E-state index in [1.54, 1.807) is 34.5 Å². The fraction of sp³-hybridized carbons (Fsp3) is 0.185. The molecule has 7 heteroatoms. The number of rotatable bonds is 8. The maximum absolute atomic E-state index is 13.3. The minimum absolute atomic E-state index is 0.199. The Balaban J connectivity index is 1.67. The average molecular weight is 459 g/mol. The van der Waals surface area contributed by atoms with Gasteiger partial charge in [0, 0.05) is 17.5 Å². The van der Waals surface area contributed by atoms with Gasteiger partial charge in [0.1, 0.15) is 0 Å². The van der Waals surface area contributed by atoms with Crippen molar-refractivity contribution in [3.8, 4) is 34.3 Å². The summed E-state index contributed by atoms with van der Waals surface area (Å²) >= 11 is 0. The van der Waals surface area contributed by atoms with E-state index < -0.39 is 0 Å². The van der Waals surface area contributed by atoms with Crippen LogP contribution in [0.5, 0.6) is 23.0 Å². The Morgan fingerprint density at radius 3 is 2.12 bits per heavy atom. The predicted octanol–water partition coefficient (Wildman–Crippen LogP) is 4.87. The molecule has 1 amide bonds. The molecule has 0 saturated heterocycles. The third-order valence-corrected chi connectivity index (χ3v) is 5.54. The quantitative estimate of drug-likeness (QED) is 0.406. The van der Waals surface area contributed by atoms with Crippen LogP contribution in [0.15, 0.2) is 66.7 Å². The summed E-state index contributed by atoms with van der Waals surface area (Å²) in [7, 11) is 6.35. The van der Waals surface area contributed by atoms with E-state index in [-0.39, 0.29) is 5.91 Å². The molecule has 0 saturated carbocycles. The maximum atomic E-state index is 13.3. The number of benzene rings is 3. The Morgan fingerprint density at radius 1 is 0.765 bits per heavy atom. The molecule has 4 aromatic rings. The van der Waals surface area contributed by atoms with Gasteiger partial charge in [-0.15, -0.1) is 0 Å². The zero-order chi connectivity index (χ0) is 24.1. The average Bonchev–Trinajstić information content (AvgIpc) is 2.90. The standard InChI is InChI=1S/C27H26N2O5/c1-31-23-11-9-17(13-25(23)33-3)16-28-27(30)20-15-22(29-21-8-6-5-7-19(20)21)18-10-12-24(32-2)26(14-18)34-4/h5-15H,16H2,1-4H3,(H,28,30). The van der Waals surface area contributed by atoms with Crippen LogP contribution in [0, 0.1) is 0 Å². The molecule has 0 aliphatic heterocycles. The lowest BCUT2D eigenvalue weighted by molar-refractivity contribution is 0.0952. The molecule has 0 radical (unpaired) electrons. The van der Waals surface area contributed by atoms with Gasteiger partial charge in [0.2, 0.25) is 0 Å². The summed E-state index contributed by atoms with van der Waals surface area (Å²) in [4.78, 5) is 18.0. The fourth-order valence-electron chi connectivity index (χ4n) is 3.77. The van der Waals surface area contributed by atoms with Crippen molar-refractivity contribution in [3.63, 3.8) is 0 Å². The molecule has 0 atom stereocenters. The van der Waals surface area contributed by atoms with Gasteiger partial charge in [0.05, 0.1) is 45.2 Å². The first-order valence-electron chi connectivity index (χ1n) is 10.7. The molecule has 34 heavy (non-hydrogen) atoms. The number of carbonyl (C=O) groups excluding carboxylic acids is 1. The minimum Gasteiger partial charge on any atom is -0.493 e. The zero-order valence-electron chi connectivity index (χ0n) is 19.5. The van der Waals surface area contributed by atoms with Gasteiger partial charge < -0.3 is 24.3 Å². The van der Waals surface area contributed by atoms with Crippen LogP contribution in [-0.4, -0.2) is 39.3 Å². The van der Waals surface area contributed by atoms with E-state index in [2.05, 4.69) is 5.32 Å². The third kappa shape index (κ3) is 4.59. The van der Waals surface area contributed by atoms with E-state index >= 15 is 0 Å². The van der Waals surface area contributed by atoms with E-state index in [4.69, 9.17) is 23.9 Å². The number of para-hydroxylation sites is 1. The monoisotopic (exact) mass is 458 g/mol.